The lowest BCUT2D eigenvalue weighted by atomic mass is 9.69. The highest BCUT2D eigenvalue weighted by Crippen LogP contribution is 2.56. The van der Waals surface area contributed by atoms with E-state index < -0.39 is 23.3 Å². The summed E-state index contributed by atoms with van der Waals surface area (Å²) in [5.74, 6) is -1.49. The third-order valence-electron chi connectivity index (χ3n) is 6.27. The Morgan fingerprint density at radius 2 is 1.65 bits per heavy atom. The Morgan fingerprint density at radius 3 is 2.21 bits per heavy atom. The number of nitrogens with zero attached hydrogens (tertiary/aromatic N) is 2. The van der Waals surface area contributed by atoms with Gasteiger partial charge in [0.25, 0.3) is 0 Å². The van der Waals surface area contributed by atoms with Crippen molar-refractivity contribution in [3.8, 4) is 11.8 Å². The lowest BCUT2D eigenvalue weighted by molar-refractivity contribution is -0.151. The van der Waals surface area contributed by atoms with Gasteiger partial charge in [0.2, 0.25) is 5.91 Å². The highest BCUT2D eigenvalue weighted by molar-refractivity contribution is 6.30. The molecule has 0 saturated carbocycles. The summed E-state index contributed by atoms with van der Waals surface area (Å²) in [6.45, 7) is 0.191. The van der Waals surface area contributed by atoms with Crippen LogP contribution in [-0.4, -0.2) is 31.0 Å². The molecule has 172 valence electrons. The van der Waals surface area contributed by atoms with Gasteiger partial charge in [0.05, 0.1) is 32.2 Å². The van der Waals surface area contributed by atoms with E-state index in [0.29, 0.717) is 21.9 Å². The normalized spacial score (nSPS) is 21.7. The van der Waals surface area contributed by atoms with Crippen LogP contribution in [0.2, 0.25) is 5.02 Å². The molecule has 1 aliphatic rings. The van der Waals surface area contributed by atoms with Gasteiger partial charge in [-0.25, -0.2) is 0 Å². The summed E-state index contributed by atoms with van der Waals surface area (Å²) >= 11 is 6.04. The zero-order valence-corrected chi connectivity index (χ0v) is 19.5. The molecule has 7 heteroatoms. The number of esters is 1. The van der Waals surface area contributed by atoms with Gasteiger partial charge in [-0.1, -0.05) is 66.2 Å². The van der Waals surface area contributed by atoms with E-state index >= 15 is 0 Å². The van der Waals surface area contributed by atoms with Crippen molar-refractivity contribution in [3.05, 3.63) is 101 Å². The highest BCUT2D eigenvalue weighted by Gasteiger charge is 2.66. The number of hydrogen-bond donors (Lipinski definition) is 0. The fourth-order valence-electron chi connectivity index (χ4n) is 4.70. The third-order valence-corrected chi connectivity index (χ3v) is 6.52. The molecule has 0 unspecified atom stereocenters. The Balaban J connectivity index is 1.94. The van der Waals surface area contributed by atoms with Crippen LogP contribution >= 0.6 is 11.6 Å². The topological polar surface area (TPSA) is 79.6 Å². The number of likely N-dealkylation sites (tertiary alicyclic amines) is 1. The first-order valence-electron chi connectivity index (χ1n) is 10.7. The zero-order valence-electron chi connectivity index (χ0n) is 18.8. The van der Waals surface area contributed by atoms with E-state index in [0.717, 1.165) is 5.56 Å². The summed E-state index contributed by atoms with van der Waals surface area (Å²) in [5, 5.41) is 11.1. The van der Waals surface area contributed by atoms with Crippen LogP contribution in [0.15, 0.2) is 78.9 Å². The molecular formula is C27H23ClN2O4. The molecule has 1 saturated heterocycles. The summed E-state index contributed by atoms with van der Waals surface area (Å²) in [4.78, 5) is 29.0. The maximum atomic E-state index is 14.0. The molecule has 34 heavy (non-hydrogen) atoms. The lowest BCUT2D eigenvalue weighted by Crippen LogP contribution is -2.40. The van der Waals surface area contributed by atoms with Crippen LogP contribution in [0.1, 0.15) is 28.7 Å². The SMILES string of the molecule is COC(=O)[C@]1(C#N)[C@@H](c2ccccc2)C(=O)N(Cc2ccc(Cl)cc2)[C@@H]1c1ccc(OC)cc1. The minimum atomic E-state index is -1.80. The number of benzene rings is 3. The second-order valence-corrected chi connectivity index (χ2v) is 8.52. The minimum Gasteiger partial charge on any atom is -0.497 e. The van der Waals surface area contributed by atoms with Crippen LogP contribution in [-0.2, 0) is 20.9 Å². The average Bonchev–Trinajstić information content (AvgIpc) is 3.13. The van der Waals surface area contributed by atoms with Crippen molar-refractivity contribution in [2.45, 2.75) is 18.5 Å². The summed E-state index contributed by atoms with van der Waals surface area (Å²) < 4.78 is 10.4. The van der Waals surface area contributed by atoms with E-state index in [9.17, 15) is 14.9 Å². The van der Waals surface area contributed by atoms with Crippen LogP contribution < -0.4 is 4.74 Å². The van der Waals surface area contributed by atoms with E-state index in [4.69, 9.17) is 21.1 Å². The summed E-state index contributed by atoms with van der Waals surface area (Å²) in [6.07, 6.45) is 0. The van der Waals surface area contributed by atoms with Gasteiger partial charge in [-0.15, -0.1) is 0 Å². The molecule has 3 aromatic carbocycles. The molecule has 1 aliphatic heterocycles. The Bertz CT molecular complexity index is 1220. The lowest BCUT2D eigenvalue weighted by Gasteiger charge is -2.33. The van der Waals surface area contributed by atoms with Gasteiger partial charge in [0, 0.05) is 11.6 Å². The molecule has 1 fully saturated rings. The number of nitriles is 1. The molecular weight excluding hydrogens is 452 g/mol. The Kier molecular flexibility index (Phi) is 6.58. The van der Waals surface area contributed by atoms with Gasteiger partial charge in [0.15, 0.2) is 5.41 Å². The van der Waals surface area contributed by atoms with Crippen molar-refractivity contribution < 1.29 is 19.1 Å². The van der Waals surface area contributed by atoms with Gasteiger partial charge in [-0.2, -0.15) is 5.26 Å². The molecule has 3 aromatic rings. The number of halogens is 1. The van der Waals surface area contributed by atoms with Crippen LogP contribution in [0.4, 0.5) is 0 Å². The fourth-order valence-corrected chi connectivity index (χ4v) is 4.82. The minimum absolute atomic E-state index is 0.191. The monoisotopic (exact) mass is 474 g/mol. The quantitative estimate of drug-likeness (QED) is 0.475. The Labute approximate surface area is 203 Å². The standard InChI is InChI=1S/C27H23ClN2O4/c1-33-22-14-10-20(11-15-22)24-27(17-29,26(32)34-2)23(19-6-4-3-5-7-19)25(31)30(24)16-18-8-12-21(28)13-9-18/h3-15,23-24H,16H2,1-2H3/t23-,24+,27+/m0/s1. The zero-order chi connectivity index (χ0) is 24.3. The number of ether oxygens (including phenoxy) is 2. The van der Waals surface area contributed by atoms with Gasteiger partial charge >= 0.3 is 5.97 Å². The molecule has 0 aromatic heterocycles. The number of rotatable bonds is 6. The van der Waals surface area contributed by atoms with Crippen molar-refractivity contribution in [2.75, 3.05) is 14.2 Å². The van der Waals surface area contributed by atoms with E-state index in [2.05, 4.69) is 6.07 Å². The molecule has 0 N–H and O–H groups in total. The predicted molar refractivity (Wildman–Crippen MR) is 127 cm³/mol. The maximum Gasteiger partial charge on any atom is 0.329 e. The van der Waals surface area contributed by atoms with Crippen molar-refractivity contribution in [1.82, 2.24) is 4.90 Å². The van der Waals surface area contributed by atoms with Crippen LogP contribution in [0, 0.1) is 16.7 Å². The van der Waals surface area contributed by atoms with E-state index in [1.807, 2.05) is 18.2 Å². The summed E-state index contributed by atoms with van der Waals surface area (Å²) in [6, 6.07) is 24.4. The fraction of sp³-hybridized carbons (Fsp3) is 0.222. The highest BCUT2D eigenvalue weighted by atomic mass is 35.5. The molecule has 1 heterocycles. The Morgan fingerprint density at radius 1 is 1.00 bits per heavy atom. The van der Waals surface area contributed by atoms with Crippen molar-refractivity contribution in [2.24, 2.45) is 5.41 Å². The second kappa shape index (κ2) is 9.58. The average molecular weight is 475 g/mol. The summed E-state index contributed by atoms with van der Waals surface area (Å²) in [5.41, 5.74) is 0.237. The number of methoxy groups -OCH3 is 2. The van der Waals surface area contributed by atoms with Gasteiger partial charge < -0.3 is 14.4 Å². The smallest absolute Gasteiger partial charge is 0.329 e. The van der Waals surface area contributed by atoms with Gasteiger partial charge in [-0.3, -0.25) is 9.59 Å². The number of hydrogen-bond acceptors (Lipinski definition) is 5. The first kappa shape index (κ1) is 23.3. The molecule has 6 nitrogen and oxygen atoms in total. The first-order chi connectivity index (χ1) is 16.5. The Hall–Kier alpha value is -3.82. The molecule has 3 atom stereocenters. The molecule has 0 bridgehead atoms. The largest absolute Gasteiger partial charge is 0.497 e. The van der Waals surface area contributed by atoms with E-state index in [1.54, 1.807) is 72.7 Å². The van der Waals surface area contributed by atoms with Crippen molar-refractivity contribution >= 4 is 23.5 Å². The van der Waals surface area contributed by atoms with E-state index in [1.165, 1.54) is 7.11 Å². The van der Waals surface area contributed by atoms with Crippen LogP contribution in [0.25, 0.3) is 0 Å². The molecule has 0 spiro atoms. The second-order valence-electron chi connectivity index (χ2n) is 8.08. The van der Waals surface area contributed by atoms with E-state index in [-0.39, 0.29) is 12.5 Å². The number of carbonyl (C=O) groups is 2. The molecule has 4 rings (SSSR count). The van der Waals surface area contributed by atoms with Crippen molar-refractivity contribution in [3.63, 3.8) is 0 Å². The molecule has 0 radical (unpaired) electrons. The third kappa shape index (κ3) is 3.89. The maximum absolute atomic E-state index is 14.0. The molecule has 0 aliphatic carbocycles. The van der Waals surface area contributed by atoms with Crippen molar-refractivity contribution in [1.29, 1.82) is 5.26 Å². The first-order valence-corrected chi connectivity index (χ1v) is 11.1. The molecule has 1 amide bonds. The van der Waals surface area contributed by atoms with Crippen LogP contribution in [0.3, 0.4) is 0 Å². The predicted octanol–water partition coefficient (Wildman–Crippen LogP) is 4.90. The number of amides is 1. The van der Waals surface area contributed by atoms with Gasteiger partial charge in [0.1, 0.15) is 5.75 Å². The van der Waals surface area contributed by atoms with Gasteiger partial charge in [-0.05, 0) is 41.0 Å². The summed E-state index contributed by atoms with van der Waals surface area (Å²) in [7, 11) is 2.79. The van der Waals surface area contributed by atoms with Crippen LogP contribution in [0.5, 0.6) is 5.75 Å². The number of carbonyl (C=O) groups excluding carboxylic acids is 2.